The Kier molecular flexibility index (Phi) is 1.80. The number of hydrazone groups is 1. The Morgan fingerprint density at radius 2 is 2.19 bits per heavy atom. The third kappa shape index (κ3) is 1.29. The van der Waals surface area contributed by atoms with Gasteiger partial charge < -0.3 is 4.98 Å². The lowest BCUT2D eigenvalue weighted by atomic mass is 10.3. The lowest BCUT2D eigenvalue weighted by molar-refractivity contribution is -0.117. The molecule has 1 aliphatic rings. The van der Waals surface area contributed by atoms with E-state index in [0.717, 1.165) is 16.7 Å². The third-order valence-electron chi connectivity index (χ3n) is 2.49. The number of fused-ring (bicyclic) bond motifs is 1. The molecule has 3 rings (SSSR count). The molecule has 0 fully saturated rings. The number of amides is 1. The summed E-state index contributed by atoms with van der Waals surface area (Å²) in [4.78, 5) is 19.0. The number of aromatic nitrogens is 2. The molecule has 0 atom stereocenters. The highest BCUT2D eigenvalue weighted by Gasteiger charge is 2.25. The predicted molar refractivity (Wildman–Crippen MR) is 61.3 cm³/mol. The van der Waals surface area contributed by atoms with E-state index in [1.807, 2.05) is 31.2 Å². The van der Waals surface area contributed by atoms with Crippen molar-refractivity contribution in [2.45, 2.75) is 13.3 Å². The summed E-state index contributed by atoms with van der Waals surface area (Å²) in [5.74, 6) is 0.444. The number of rotatable bonds is 1. The van der Waals surface area contributed by atoms with Crippen molar-refractivity contribution in [1.29, 1.82) is 0 Å². The third-order valence-corrected chi connectivity index (χ3v) is 2.49. The molecular formula is C11H10N4O. The van der Waals surface area contributed by atoms with E-state index < -0.39 is 0 Å². The normalized spacial score (nSPS) is 15.9. The van der Waals surface area contributed by atoms with Gasteiger partial charge in [-0.05, 0) is 19.1 Å². The molecule has 1 aromatic heterocycles. The van der Waals surface area contributed by atoms with Gasteiger partial charge in [-0.15, -0.1) is 0 Å². The van der Waals surface area contributed by atoms with Crippen molar-refractivity contribution in [3.05, 3.63) is 24.3 Å². The van der Waals surface area contributed by atoms with E-state index >= 15 is 0 Å². The van der Waals surface area contributed by atoms with Gasteiger partial charge in [0.05, 0.1) is 17.5 Å². The summed E-state index contributed by atoms with van der Waals surface area (Å²) in [6, 6.07) is 7.65. The van der Waals surface area contributed by atoms with Gasteiger partial charge in [-0.3, -0.25) is 4.79 Å². The van der Waals surface area contributed by atoms with Gasteiger partial charge in [0.2, 0.25) is 5.95 Å². The molecule has 0 aliphatic carbocycles. The predicted octanol–water partition coefficient (Wildman–Crippen LogP) is 1.68. The summed E-state index contributed by atoms with van der Waals surface area (Å²) < 4.78 is 0. The molecule has 5 nitrogen and oxygen atoms in total. The second-order valence-electron chi connectivity index (χ2n) is 3.80. The van der Waals surface area contributed by atoms with Crippen LogP contribution >= 0.6 is 0 Å². The van der Waals surface area contributed by atoms with Gasteiger partial charge in [0.1, 0.15) is 0 Å². The number of carbonyl (C=O) groups is 1. The first-order valence-corrected chi connectivity index (χ1v) is 5.06. The van der Waals surface area contributed by atoms with Crippen LogP contribution in [0.3, 0.4) is 0 Å². The van der Waals surface area contributed by atoms with Crippen LogP contribution in [-0.4, -0.2) is 21.6 Å². The van der Waals surface area contributed by atoms with E-state index in [0.29, 0.717) is 12.4 Å². The molecule has 1 N–H and O–H groups in total. The summed E-state index contributed by atoms with van der Waals surface area (Å²) >= 11 is 0. The van der Waals surface area contributed by atoms with Crippen LogP contribution in [0, 0.1) is 0 Å². The second kappa shape index (κ2) is 3.16. The summed E-state index contributed by atoms with van der Waals surface area (Å²) in [6.45, 7) is 1.83. The molecule has 0 saturated heterocycles. The van der Waals surface area contributed by atoms with Gasteiger partial charge in [0.15, 0.2) is 0 Å². The van der Waals surface area contributed by atoms with Gasteiger partial charge in [-0.2, -0.15) is 10.1 Å². The first kappa shape index (κ1) is 9.08. The van der Waals surface area contributed by atoms with Crippen molar-refractivity contribution in [3.8, 4) is 0 Å². The maximum Gasteiger partial charge on any atom is 0.255 e. The Morgan fingerprint density at radius 3 is 2.88 bits per heavy atom. The number of para-hydroxylation sites is 2. The topological polar surface area (TPSA) is 61.4 Å². The summed E-state index contributed by atoms with van der Waals surface area (Å²) in [5.41, 5.74) is 2.56. The van der Waals surface area contributed by atoms with Gasteiger partial charge in [0.25, 0.3) is 5.91 Å². The fourth-order valence-electron chi connectivity index (χ4n) is 1.76. The summed E-state index contributed by atoms with van der Waals surface area (Å²) in [6.07, 6.45) is 0.372. The number of benzene rings is 1. The monoisotopic (exact) mass is 214 g/mol. The van der Waals surface area contributed by atoms with Gasteiger partial charge in [-0.25, -0.2) is 4.98 Å². The average molecular weight is 214 g/mol. The fraction of sp³-hybridized carbons (Fsp3) is 0.182. The highest BCUT2D eigenvalue weighted by molar-refractivity contribution is 6.11. The van der Waals surface area contributed by atoms with Crippen LogP contribution in [0.1, 0.15) is 13.3 Å². The van der Waals surface area contributed by atoms with Crippen LogP contribution in [0.5, 0.6) is 0 Å². The van der Waals surface area contributed by atoms with Crippen LogP contribution in [0.25, 0.3) is 11.0 Å². The molecular weight excluding hydrogens is 204 g/mol. The van der Waals surface area contributed by atoms with Crippen LogP contribution in [0.4, 0.5) is 5.95 Å². The maximum atomic E-state index is 11.6. The van der Waals surface area contributed by atoms with Crippen LogP contribution in [0.15, 0.2) is 29.4 Å². The Balaban J connectivity index is 2.09. The van der Waals surface area contributed by atoms with Crippen LogP contribution in [-0.2, 0) is 4.79 Å². The molecule has 1 aliphatic heterocycles. The molecule has 1 amide bonds. The molecule has 0 radical (unpaired) electrons. The minimum atomic E-state index is -0.0449. The quantitative estimate of drug-likeness (QED) is 0.785. The van der Waals surface area contributed by atoms with E-state index in [4.69, 9.17) is 0 Å². The lowest BCUT2D eigenvalue weighted by Gasteiger charge is -2.05. The SMILES string of the molecule is CC1=NN(c2nc3ccccc3[nH]2)C(=O)C1. The zero-order chi connectivity index (χ0) is 11.1. The van der Waals surface area contributed by atoms with E-state index in [-0.39, 0.29) is 5.91 Å². The number of anilines is 1. The van der Waals surface area contributed by atoms with Crippen molar-refractivity contribution in [1.82, 2.24) is 9.97 Å². The van der Waals surface area contributed by atoms with Crippen molar-refractivity contribution in [2.24, 2.45) is 5.10 Å². The molecule has 0 bridgehead atoms. The van der Waals surface area contributed by atoms with Crippen molar-refractivity contribution in [2.75, 3.05) is 5.01 Å². The van der Waals surface area contributed by atoms with E-state index in [9.17, 15) is 4.79 Å². The number of imidazole rings is 1. The van der Waals surface area contributed by atoms with Gasteiger partial charge in [0, 0.05) is 5.71 Å². The number of hydrogen-bond donors (Lipinski definition) is 1. The zero-order valence-electron chi connectivity index (χ0n) is 8.77. The average Bonchev–Trinajstić information content (AvgIpc) is 2.81. The molecule has 0 saturated carbocycles. The summed E-state index contributed by atoms with van der Waals surface area (Å²) in [7, 11) is 0. The number of nitrogens with zero attached hydrogens (tertiary/aromatic N) is 3. The highest BCUT2D eigenvalue weighted by atomic mass is 16.2. The van der Waals surface area contributed by atoms with Crippen molar-refractivity contribution in [3.63, 3.8) is 0 Å². The molecule has 16 heavy (non-hydrogen) atoms. The molecule has 2 aromatic rings. The van der Waals surface area contributed by atoms with Crippen LogP contribution < -0.4 is 5.01 Å². The largest absolute Gasteiger partial charge is 0.322 e. The zero-order valence-corrected chi connectivity index (χ0v) is 8.77. The first-order valence-electron chi connectivity index (χ1n) is 5.06. The lowest BCUT2D eigenvalue weighted by Crippen LogP contribution is -2.20. The van der Waals surface area contributed by atoms with E-state index in [1.54, 1.807) is 0 Å². The van der Waals surface area contributed by atoms with Crippen molar-refractivity contribution < 1.29 is 4.79 Å². The first-order chi connectivity index (χ1) is 7.74. The number of carbonyl (C=O) groups excluding carboxylic acids is 1. The van der Waals surface area contributed by atoms with Crippen molar-refractivity contribution >= 4 is 28.6 Å². The Morgan fingerprint density at radius 1 is 1.38 bits per heavy atom. The number of hydrogen-bond acceptors (Lipinski definition) is 3. The number of H-pyrrole nitrogens is 1. The fourth-order valence-corrected chi connectivity index (χ4v) is 1.76. The number of aromatic amines is 1. The minimum absolute atomic E-state index is 0.0449. The highest BCUT2D eigenvalue weighted by Crippen LogP contribution is 2.20. The molecule has 2 heterocycles. The molecule has 0 spiro atoms. The minimum Gasteiger partial charge on any atom is -0.322 e. The Bertz CT molecular complexity index is 566. The van der Waals surface area contributed by atoms with Crippen LogP contribution in [0.2, 0.25) is 0 Å². The van der Waals surface area contributed by atoms with E-state index in [1.165, 1.54) is 5.01 Å². The maximum absolute atomic E-state index is 11.6. The van der Waals surface area contributed by atoms with E-state index in [2.05, 4.69) is 15.1 Å². The molecule has 80 valence electrons. The number of nitrogens with one attached hydrogen (secondary N) is 1. The molecule has 0 unspecified atom stereocenters. The molecule has 1 aromatic carbocycles. The standard InChI is InChI=1S/C11H10N4O/c1-7-6-10(16)15(14-7)11-12-8-4-2-3-5-9(8)13-11/h2-5H,6H2,1H3,(H,12,13). The van der Waals surface area contributed by atoms with Gasteiger partial charge >= 0.3 is 0 Å². The smallest absolute Gasteiger partial charge is 0.255 e. The Labute approximate surface area is 91.8 Å². The molecule has 5 heteroatoms. The Hall–Kier alpha value is -2.17. The summed E-state index contributed by atoms with van der Waals surface area (Å²) in [5, 5.41) is 5.47. The second-order valence-corrected chi connectivity index (χ2v) is 3.80. The van der Waals surface area contributed by atoms with Gasteiger partial charge in [-0.1, -0.05) is 12.1 Å².